The molecular weight excluding hydrogens is 266 g/mol. The molecule has 0 radical (unpaired) electrons. The molecule has 0 aliphatic rings. The van der Waals surface area contributed by atoms with Gasteiger partial charge in [0.25, 0.3) is 5.03 Å². The van der Waals surface area contributed by atoms with E-state index in [1.165, 1.54) is 25.1 Å². The van der Waals surface area contributed by atoms with Gasteiger partial charge in [-0.05, 0) is 36.9 Å². The molecule has 2 aromatic heterocycles. The second kappa shape index (κ2) is 5.79. The van der Waals surface area contributed by atoms with Crippen LogP contribution in [0.1, 0.15) is 28.5 Å². The average Bonchev–Trinajstić information content (AvgIpc) is 2.90. The zero-order valence-electron chi connectivity index (χ0n) is 10.5. The fourth-order valence-electron chi connectivity index (χ4n) is 1.52. The predicted molar refractivity (Wildman–Crippen MR) is 69.7 cm³/mol. The quantitative estimate of drug-likeness (QED) is 0.372. The Bertz CT molecular complexity index is 582. The van der Waals surface area contributed by atoms with Gasteiger partial charge in [0.05, 0.1) is 12.4 Å². The number of methoxy groups -OCH3 is 1. The first-order valence-electron chi connectivity index (χ1n) is 5.64. The van der Waals surface area contributed by atoms with E-state index in [1.807, 2.05) is 6.92 Å². The topological polar surface area (TPSA) is 66.4 Å². The first kappa shape index (κ1) is 13.5. The average molecular weight is 279 g/mol. The molecule has 5 nitrogen and oxygen atoms in total. The Kier molecular flexibility index (Phi) is 4.11. The number of pyridine rings is 1. The monoisotopic (exact) mass is 279 g/mol. The molecule has 0 amide bonds. The smallest absolute Gasteiger partial charge is 0.373 e. The number of hydrogen-bond donors (Lipinski definition) is 0. The Hall–Kier alpha value is -1.95. The van der Waals surface area contributed by atoms with Gasteiger partial charge in [-0.1, -0.05) is 0 Å². The highest BCUT2D eigenvalue weighted by Crippen LogP contribution is 2.33. The van der Waals surface area contributed by atoms with E-state index in [0.29, 0.717) is 10.8 Å². The lowest BCUT2D eigenvalue weighted by Gasteiger charge is -2.08. The van der Waals surface area contributed by atoms with Gasteiger partial charge in [-0.2, -0.15) is 4.73 Å². The molecule has 0 fully saturated rings. The number of rotatable bonds is 4. The minimum Gasteiger partial charge on any atom is -0.618 e. The van der Waals surface area contributed by atoms with E-state index in [2.05, 4.69) is 4.74 Å². The molecule has 6 heteroatoms. The highest BCUT2D eigenvalue weighted by molar-refractivity contribution is 7.99. The van der Waals surface area contributed by atoms with Crippen LogP contribution in [-0.4, -0.2) is 13.1 Å². The van der Waals surface area contributed by atoms with Crippen LogP contribution in [0.3, 0.4) is 0 Å². The first-order valence-corrected chi connectivity index (χ1v) is 6.52. The van der Waals surface area contributed by atoms with Gasteiger partial charge in [-0.25, -0.2) is 4.79 Å². The van der Waals surface area contributed by atoms with E-state index in [9.17, 15) is 10.0 Å². The largest absolute Gasteiger partial charge is 0.618 e. The van der Waals surface area contributed by atoms with Crippen LogP contribution in [0.25, 0.3) is 0 Å². The van der Waals surface area contributed by atoms with E-state index >= 15 is 0 Å². The van der Waals surface area contributed by atoms with Crippen LogP contribution in [-0.2, 0) is 4.74 Å². The summed E-state index contributed by atoms with van der Waals surface area (Å²) in [6, 6.07) is 8.48. The molecule has 2 aromatic rings. The van der Waals surface area contributed by atoms with Crippen LogP contribution >= 0.6 is 11.8 Å². The zero-order chi connectivity index (χ0) is 13.8. The van der Waals surface area contributed by atoms with E-state index in [1.54, 1.807) is 30.3 Å². The fourth-order valence-corrected chi connectivity index (χ4v) is 2.45. The zero-order valence-corrected chi connectivity index (χ0v) is 11.3. The molecule has 0 aliphatic carbocycles. The van der Waals surface area contributed by atoms with Gasteiger partial charge in [-0.15, -0.1) is 0 Å². The lowest BCUT2D eigenvalue weighted by atomic mass is 10.3. The van der Waals surface area contributed by atoms with Gasteiger partial charge in [0.1, 0.15) is 5.76 Å². The maximum Gasteiger partial charge on any atom is 0.373 e. The Morgan fingerprint density at radius 2 is 2.21 bits per heavy atom. The summed E-state index contributed by atoms with van der Waals surface area (Å²) >= 11 is 1.36. The van der Waals surface area contributed by atoms with Gasteiger partial charge >= 0.3 is 5.97 Å². The second-order valence-corrected chi connectivity index (χ2v) is 5.18. The predicted octanol–water partition coefficient (Wildman–Crippen LogP) is 2.55. The van der Waals surface area contributed by atoms with Crippen molar-refractivity contribution in [3.05, 3.63) is 53.3 Å². The molecule has 1 atom stereocenters. The molecule has 19 heavy (non-hydrogen) atoms. The summed E-state index contributed by atoms with van der Waals surface area (Å²) in [6.07, 6.45) is 1.44. The summed E-state index contributed by atoms with van der Waals surface area (Å²) in [5, 5.41) is 12.0. The normalized spacial score (nSPS) is 12.1. The van der Waals surface area contributed by atoms with Gasteiger partial charge in [0, 0.05) is 12.1 Å². The number of furan rings is 1. The van der Waals surface area contributed by atoms with Crippen molar-refractivity contribution in [3.63, 3.8) is 0 Å². The molecule has 0 unspecified atom stereocenters. The van der Waals surface area contributed by atoms with Crippen molar-refractivity contribution in [2.75, 3.05) is 7.11 Å². The summed E-state index contributed by atoms with van der Waals surface area (Å²) in [7, 11) is 1.30. The van der Waals surface area contributed by atoms with Crippen molar-refractivity contribution in [2.45, 2.75) is 17.2 Å². The number of thioether (sulfide) groups is 1. The maximum absolute atomic E-state index is 11.5. The van der Waals surface area contributed by atoms with Gasteiger partial charge in [-0.3, -0.25) is 0 Å². The van der Waals surface area contributed by atoms with Crippen LogP contribution in [0.15, 0.2) is 46.0 Å². The lowest BCUT2D eigenvalue weighted by molar-refractivity contribution is -0.645. The summed E-state index contributed by atoms with van der Waals surface area (Å²) in [5.74, 6) is 0.268. The number of carbonyl (C=O) groups excluding carboxylic acids is 1. The maximum atomic E-state index is 11.5. The SMILES string of the molecule is COC(=O)c1ccc([C@H](C)Sc2cccc[n+]2[O-])o1. The van der Waals surface area contributed by atoms with E-state index < -0.39 is 5.97 Å². The Labute approximate surface area is 114 Å². The molecule has 0 N–H and O–H groups in total. The van der Waals surface area contributed by atoms with Crippen LogP contribution < -0.4 is 4.73 Å². The molecule has 100 valence electrons. The molecular formula is C13H13NO4S. The second-order valence-electron chi connectivity index (χ2n) is 3.82. The third-order valence-electron chi connectivity index (χ3n) is 2.50. The number of aromatic nitrogens is 1. The molecule has 2 rings (SSSR count). The van der Waals surface area contributed by atoms with Crippen LogP contribution in [0.4, 0.5) is 0 Å². The summed E-state index contributed by atoms with van der Waals surface area (Å²) in [5.41, 5.74) is 0. The fraction of sp³-hybridized carbons (Fsp3) is 0.231. The van der Waals surface area contributed by atoms with Crippen molar-refractivity contribution in [1.82, 2.24) is 0 Å². The summed E-state index contributed by atoms with van der Waals surface area (Å²) in [4.78, 5) is 11.3. The van der Waals surface area contributed by atoms with Crippen molar-refractivity contribution in [1.29, 1.82) is 0 Å². The van der Waals surface area contributed by atoms with Crippen molar-refractivity contribution in [2.24, 2.45) is 0 Å². The molecule has 0 aromatic carbocycles. The van der Waals surface area contributed by atoms with Gasteiger partial charge in [0.2, 0.25) is 5.76 Å². The first-order chi connectivity index (χ1) is 9.11. The number of nitrogens with zero attached hydrogens (tertiary/aromatic N) is 1. The standard InChI is InChI=1S/C13H13NO4S/c1-9(19-12-5-3-4-8-14(12)16)10-6-7-11(18-10)13(15)17-2/h3-9H,1-2H3/t9-/m0/s1. The van der Waals surface area contributed by atoms with Crippen molar-refractivity contribution < 1.29 is 18.7 Å². The number of ether oxygens (including phenoxy) is 1. The van der Waals surface area contributed by atoms with Gasteiger partial charge < -0.3 is 14.4 Å². The van der Waals surface area contributed by atoms with Crippen molar-refractivity contribution in [3.8, 4) is 0 Å². The van der Waals surface area contributed by atoms with Gasteiger partial charge in [0.15, 0.2) is 6.20 Å². The van der Waals surface area contributed by atoms with E-state index in [4.69, 9.17) is 4.42 Å². The van der Waals surface area contributed by atoms with Crippen LogP contribution in [0, 0.1) is 5.21 Å². The highest BCUT2D eigenvalue weighted by Gasteiger charge is 2.18. The molecule has 0 bridgehead atoms. The summed E-state index contributed by atoms with van der Waals surface area (Å²) in [6.45, 7) is 1.90. The highest BCUT2D eigenvalue weighted by atomic mass is 32.2. The van der Waals surface area contributed by atoms with E-state index in [0.717, 1.165) is 4.73 Å². The van der Waals surface area contributed by atoms with Crippen molar-refractivity contribution >= 4 is 17.7 Å². The van der Waals surface area contributed by atoms with E-state index in [-0.39, 0.29) is 11.0 Å². The molecule has 0 saturated heterocycles. The van der Waals surface area contributed by atoms with Crippen LogP contribution in [0.2, 0.25) is 0 Å². The summed E-state index contributed by atoms with van der Waals surface area (Å²) < 4.78 is 10.8. The Morgan fingerprint density at radius 1 is 1.42 bits per heavy atom. The number of hydrogen-bond acceptors (Lipinski definition) is 5. The number of esters is 1. The Balaban J connectivity index is 2.12. The lowest BCUT2D eigenvalue weighted by Crippen LogP contribution is -2.27. The van der Waals surface area contributed by atoms with Crippen LogP contribution in [0.5, 0.6) is 0 Å². The molecule has 2 heterocycles. The molecule has 0 spiro atoms. The third kappa shape index (κ3) is 3.08. The number of carbonyl (C=O) groups is 1. The Morgan fingerprint density at radius 3 is 2.89 bits per heavy atom. The third-order valence-corrected chi connectivity index (χ3v) is 3.64. The molecule has 0 aliphatic heterocycles. The minimum absolute atomic E-state index is 0.0824. The molecule has 0 saturated carbocycles. The minimum atomic E-state index is -0.512.